The van der Waals surface area contributed by atoms with Crippen LogP contribution in [-0.4, -0.2) is 16.1 Å². The summed E-state index contributed by atoms with van der Waals surface area (Å²) in [6.07, 6.45) is 2.70. The van der Waals surface area contributed by atoms with Gasteiger partial charge in [0.05, 0.1) is 17.4 Å². The van der Waals surface area contributed by atoms with E-state index in [0.717, 1.165) is 51.7 Å². The number of amides is 1. The number of carbonyl (C=O) groups excluding carboxylic acids is 1. The molecule has 178 valence electrons. The molecule has 2 aromatic heterocycles. The van der Waals surface area contributed by atoms with Crippen LogP contribution in [0.15, 0.2) is 72.9 Å². The average Bonchev–Trinajstić information content (AvgIpc) is 2.80. The number of hydrogen-bond donors (Lipinski definition) is 1. The standard InChI is InChI=1S/C29H28ClN3O2/c1-28(2,3)24-13-14-29(24,35-27(31)34)21-11-9-19(10-12-21)26-22(18-7-5-4-6-8-18)15-20-16-25(30)32-17-23(20)33-26/h4-12,15-17,24H,13-14H2,1-3H3,(H2,31,34). The van der Waals surface area contributed by atoms with Gasteiger partial charge >= 0.3 is 6.09 Å². The number of pyridine rings is 2. The number of rotatable bonds is 4. The molecule has 5 nitrogen and oxygen atoms in total. The van der Waals surface area contributed by atoms with E-state index in [4.69, 9.17) is 27.1 Å². The maximum absolute atomic E-state index is 11.9. The summed E-state index contributed by atoms with van der Waals surface area (Å²) in [4.78, 5) is 21.0. The molecule has 2 heterocycles. The van der Waals surface area contributed by atoms with Crippen LogP contribution in [0.3, 0.4) is 0 Å². The van der Waals surface area contributed by atoms with Crippen molar-refractivity contribution in [2.45, 2.75) is 39.2 Å². The number of primary amides is 1. The minimum atomic E-state index is -0.739. The first-order chi connectivity index (χ1) is 16.7. The van der Waals surface area contributed by atoms with Crippen LogP contribution in [0.5, 0.6) is 0 Å². The van der Waals surface area contributed by atoms with Crippen molar-refractivity contribution < 1.29 is 9.53 Å². The molecule has 1 fully saturated rings. The molecular weight excluding hydrogens is 458 g/mol. The summed E-state index contributed by atoms with van der Waals surface area (Å²) in [5.41, 5.74) is 10.4. The first kappa shape index (κ1) is 23.3. The summed E-state index contributed by atoms with van der Waals surface area (Å²) >= 11 is 6.15. The van der Waals surface area contributed by atoms with Crippen LogP contribution in [0.25, 0.3) is 33.3 Å². The zero-order valence-corrected chi connectivity index (χ0v) is 20.8. The van der Waals surface area contributed by atoms with Crippen molar-refractivity contribution in [3.8, 4) is 22.4 Å². The molecular formula is C29H28ClN3O2. The van der Waals surface area contributed by atoms with Gasteiger partial charge in [-0.1, -0.05) is 87.0 Å². The predicted octanol–water partition coefficient (Wildman–Crippen LogP) is 7.36. The van der Waals surface area contributed by atoms with Crippen LogP contribution in [-0.2, 0) is 10.3 Å². The van der Waals surface area contributed by atoms with Gasteiger partial charge in [-0.2, -0.15) is 0 Å². The number of nitrogens with two attached hydrogens (primary N) is 1. The van der Waals surface area contributed by atoms with E-state index >= 15 is 0 Å². The lowest BCUT2D eigenvalue weighted by Gasteiger charge is -2.54. The third-order valence-corrected chi connectivity index (χ3v) is 7.30. The zero-order chi connectivity index (χ0) is 24.8. The summed E-state index contributed by atoms with van der Waals surface area (Å²) < 4.78 is 5.81. The summed E-state index contributed by atoms with van der Waals surface area (Å²) in [6.45, 7) is 6.53. The molecule has 2 N–H and O–H groups in total. The van der Waals surface area contributed by atoms with Gasteiger partial charge in [0.2, 0.25) is 0 Å². The number of fused-ring (bicyclic) bond motifs is 1. The Morgan fingerprint density at radius 3 is 2.37 bits per heavy atom. The summed E-state index contributed by atoms with van der Waals surface area (Å²) in [5.74, 6) is 0.183. The molecule has 0 bridgehead atoms. The molecule has 4 aromatic rings. The van der Waals surface area contributed by atoms with Gasteiger partial charge in [-0.05, 0) is 41.5 Å². The molecule has 6 heteroatoms. The second kappa shape index (κ2) is 8.65. The summed E-state index contributed by atoms with van der Waals surface area (Å²) in [5, 5.41) is 1.37. The summed E-state index contributed by atoms with van der Waals surface area (Å²) in [6, 6.07) is 22.3. The van der Waals surface area contributed by atoms with E-state index in [-0.39, 0.29) is 11.3 Å². The van der Waals surface area contributed by atoms with Crippen molar-refractivity contribution >= 4 is 28.6 Å². The Morgan fingerprint density at radius 1 is 1.06 bits per heavy atom. The van der Waals surface area contributed by atoms with Gasteiger partial charge in [-0.3, -0.25) is 0 Å². The van der Waals surface area contributed by atoms with Gasteiger partial charge in [0.15, 0.2) is 0 Å². The minimum absolute atomic E-state index is 0.0268. The van der Waals surface area contributed by atoms with Crippen LogP contribution in [0.4, 0.5) is 4.79 Å². The number of halogens is 1. The maximum Gasteiger partial charge on any atom is 0.405 e. The Hall–Kier alpha value is -3.44. The SMILES string of the molecule is CC(C)(C)C1CCC1(OC(N)=O)c1ccc(-c2nc3cnc(Cl)cc3cc2-c2ccccc2)cc1. The fourth-order valence-electron chi connectivity index (χ4n) is 5.41. The highest BCUT2D eigenvalue weighted by Crippen LogP contribution is 2.57. The third kappa shape index (κ3) is 4.25. The fraction of sp³-hybridized carbons (Fsp3) is 0.276. The van der Waals surface area contributed by atoms with Crippen molar-refractivity contribution in [2.75, 3.05) is 0 Å². The Kier molecular flexibility index (Phi) is 5.76. The van der Waals surface area contributed by atoms with E-state index in [2.05, 4.69) is 44.0 Å². The van der Waals surface area contributed by atoms with Crippen LogP contribution in [0.1, 0.15) is 39.2 Å². The number of carbonyl (C=O) groups is 1. The Morgan fingerprint density at radius 2 is 1.77 bits per heavy atom. The molecule has 1 aliphatic rings. The van der Waals surface area contributed by atoms with Crippen LogP contribution >= 0.6 is 11.6 Å². The van der Waals surface area contributed by atoms with Crippen LogP contribution in [0, 0.1) is 11.3 Å². The predicted molar refractivity (Wildman–Crippen MR) is 140 cm³/mol. The molecule has 2 atom stereocenters. The van der Waals surface area contributed by atoms with E-state index in [9.17, 15) is 4.79 Å². The van der Waals surface area contributed by atoms with Gasteiger partial charge < -0.3 is 10.5 Å². The van der Waals surface area contributed by atoms with Gasteiger partial charge in [0.1, 0.15) is 10.8 Å². The number of benzene rings is 2. The van der Waals surface area contributed by atoms with Crippen LogP contribution in [0.2, 0.25) is 5.15 Å². The van der Waals surface area contributed by atoms with Gasteiger partial charge in [0.25, 0.3) is 0 Å². The zero-order valence-electron chi connectivity index (χ0n) is 20.1. The van der Waals surface area contributed by atoms with E-state index < -0.39 is 11.7 Å². The molecule has 5 rings (SSSR count). The van der Waals surface area contributed by atoms with E-state index in [0.29, 0.717) is 5.15 Å². The molecule has 35 heavy (non-hydrogen) atoms. The normalized spacial score (nSPS) is 19.8. The van der Waals surface area contributed by atoms with Crippen LogP contribution < -0.4 is 5.73 Å². The smallest absolute Gasteiger partial charge is 0.405 e. The van der Waals surface area contributed by atoms with Crippen molar-refractivity contribution in [3.05, 3.63) is 83.6 Å². The second-order valence-electron chi connectivity index (χ2n) is 10.3. The quantitative estimate of drug-likeness (QED) is 0.306. The topological polar surface area (TPSA) is 78.1 Å². The van der Waals surface area contributed by atoms with Crippen molar-refractivity contribution in [3.63, 3.8) is 0 Å². The molecule has 2 aromatic carbocycles. The Bertz CT molecular complexity index is 1400. The lowest BCUT2D eigenvalue weighted by Crippen LogP contribution is -2.53. The number of nitrogens with zero attached hydrogens (tertiary/aromatic N) is 2. The number of ether oxygens (including phenoxy) is 1. The maximum atomic E-state index is 11.9. The second-order valence-corrected chi connectivity index (χ2v) is 10.7. The lowest BCUT2D eigenvalue weighted by molar-refractivity contribution is -0.144. The number of hydrogen-bond acceptors (Lipinski definition) is 4. The Labute approximate surface area is 210 Å². The highest BCUT2D eigenvalue weighted by Gasteiger charge is 2.55. The highest BCUT2D eigenvalue weighted by atomic mass is 35.5. The van der Waals surface area contributed by atoms with Gasteiger partial charge in [0, 0.05) is 22.4 Å². The number of aromatic nitrogens is 2. The van der Waals surface area contributed by atoms with E-state index in [1.54, 1.807) is 6.20 Å². The first-order valence-corrected chi connectivity index (χ1v) is 12.2. The van der Waals surface area contributed by atoms with Crippen molar-refractivity contribution in [2.24, 2.45) is 17.1 Å². The highest BCUT2D eigenvalue weighted by molar-refractivity contribution is 6.30. The molecule has 0 saturated heterocycles. The van der Waals surface area contributed by atoms with E-state index in [1.165, 1.54) is 0 Å². The van der Waals surface area contributed by atoms with Gasteiger partial charge in [-0.25, -0.2) is 14.8 Å². The van der Waals surface area contributed by atoms with Crippen molar-refractivity contribution in [1.82, 2.24) is 9.97 Å². The van der Waals surface area contributed by atoms with Gasteiger partial charge in [-0.15, -0.1) is 0 Å². The third-order valence-electron chi connectivity index (χ3n) is 7.09. The molecule has 1 saturated carbocycles. The molecule has 0 radical (unpaired) electrons. The first-order valence-electron chi connectivity index (χ1n) is 11.8. The molecule has 0 aliphatic heterocycles. The molecule has 1 aliphatic carbocycles. The molecule has 2 unspecified atom stereocenters. The van der Waals surface area contributed by atoms with Crippen molar-refractivity contribution in [1.29, 1.82) is 0 Å². The Balaban J connectivity index is 1.62. The average molecular weight is 486 g/mol. The summed E-state index contributed by atoms with van der Waals surface area (Å²) in [7, 11) is 0. The lowest BCUT2D eigenvalue weighted by atomic mass is 9.56. The monoisotopic (exact) mass is 485 g/mol. The van der Waals surface area contributed by atoms with E-state index in [1.807, 2.05) is 48.5 Å². The minimum Gasteiger partial charge on any atom is -0.438 e. The molecule has 1 amide bonds. The fourth-order valence-corrected chi connectivity index (χ4v) is 5.57. The largest absolute Gasteiger partial charge is 0.438 e. The molecule has 0 spiro atoms.